The van der Waals surface area contributed by atoms with Crippen LogP contribution >= 0.6 is 0 Å². The third kappa shape index (κ3) is 3.58. The molecule has 0 fully saturated rings. The molecule has 2 N–H and O–H groups in total. The monoisotopic (exact) mass is 355 g/mol. The minimum Gasteiger partial charge on any atom is -0.497 e. The van der Waals surface area contributed by atoms with Gasteiger partial charge in [-0.2, -0.15) is 10.2 Å². The average molecular weight is 355 g/mol. The van der Waals surface area contributed by atoms with E-state index in [4.69, 9.17) is 4.74 Å². The van der Waals surface area contributed by atoms with Crippen LogP contribution in [-0.4, -0.2) is 42.5 Å². The fraction of sp³-hybridized carbons (Fsp3) is 0.500. The van der Waals surface area contributed by atoms with Crippen LogP contribution in [0.3, 0.4) is 0 Å². The zero-order valence-corrected chi connectivity index (χ0v) is 16.3. The lowest BCUT2D eigenvalue weighted by Gasteiger charge is -2.13. The number of rotatable bonds is 3. The second kappa shape index (κ2) is 6.19. The smallest absolute Gasteiger partial charge is 0.199 e. The van der Waals surface area contributed by atoms with E-state index in [1.165, 1.54) is 0 Å². The number of aromatic amines is 2. The summed E-state index contributed by atoms with van der Waals surface area (Å²) in [4.78, 5) is 13.8. The highest BCUT2D eigenvalue weighted by Crippen LogP contribution is 2.27. The number of H-pyrrole nitrogens is 2. The van der Waals surface area contributed by atoms with Gasteiger partial charge in [-0.15, -0.1) is 0 Å². The SMILES string of the molecule is COc1cc(-c2n[nH]c(C(C)(C)C)n2)nc(-c2n[nH]c(C(C)(C)C)n2)c1. The van der Waals surface area contributed by atoms with Crippen LogP contribution in [0.2, 0.25) is 0 Å². The standard InChI is InChI=1S/C18H25N7O/c1-17(2,3)15-20-13(22-24-15)11-8-10(26-7)9-12(19-11)14-21-16(25-23-14)18(4,5)6/h8-9H,1-7H3,(H,20,22,24)(H,21,23,25). The van der Waals surface area contributed by atoms with Crippen LogP contribution in [0.1, 0.15) is 53.2 Å². The van der Waals surface area contributed by atoms with Crippen molar-refractivity contribution in [2.24, 2.45) is 0 Å². The molecular weight excluding hydrogens is 330 g/mol. The van der Waals surface area contributed by atoms with E-state index in [-0.39, 0.29) is 10.8 Å². The molecule has 3 rings (SSSR count). The van der Waals surface area contributed by atoms with Crippen LogP contribution in [0.15, 0.2) is 12.1 Å². The molecule has 0 aliphatic carbocycles. The van der Waals surface area contributed by atoms with Gasteiger partial charge in [-0.1, -0.05) is 41.5 Å². The highest BCUT2D eigenvalue weighted by atomic mass is 16.5. The molecule has 26 heavy (non-hydrogen) atoms. The second-order valence-corrected chi connectivity index (χ2v) is 8.29. The van der Waals surface area contributed by atoms with Gasteiger partial charge in [-0.25, -0.2) is 15.0 Å². The lowest BCUT2D eigenvalue weighted by Crippen LogP contribution is -2.13. The van der Waals surface area contributed by atoms with Crippen molar-refractivity contribution < 1.29 is 4.74 Å². The molecule has 0 unspecified atom stereocenters. The van der Waals surface area contributed by atoms with Gasteiger partial charge in [0.2, 0.25) is 0 Å². The van der Waals surface area contributed by atoms with E-state index in [2.05, 4.69) is 76.9 Å². The highest BCUT2D eigenvalue weighted by Gasteiger charge is 2.22. The van der Waals surface area contributed by atoms with Crippen molar-refractivity contribution in [3.05, 3.63) is 23.8 Å². The van der Waals surface area contributed by atoms with E-state index in [1.54, 1.807) is 19.2 Å². The van der Waals surface area contributed by atoms with E-state index < -0.39 is 0 Å². The third-order valence-corrected chi connectivity index (χ3v) is 3.88. The summed E-state index contributed by atoms with van der Waals surface area (Å²) >= 11 is 0. The van der Waals surface area contributed by atoms with Crippen molar-refractivity contribution in [3.8, 4) is 28.8 Å². The minimum atomic E-state index is -0.127. The van der Waals surface area contributed by atoms with Crippen molar-refractivity contribution in [3.63, 3.8) is 0 Å². The molecule has 0 radical (unpaired) electrons. The lowest BCUT2D eigenvalue weighted by molar-refractivity contribution is 0.414. The Balaban J connectivity index is 2.05. The predicted molar refractivity (Wildman–Crippen MR) is 98.9 cm³/mol. The van der Waals surface area contributed by atoms with Gasteiger partial charge in [0.05, 0.1) is 7.11 Å². The van der Waals surface area contributed by atoms with Crippen molar-refractivity contribution in [1.29, 1.82) is 0 Å². The molecule has 3 heterocycles. The van der Waals surface area contributed by atoms with Crippen LogP contribution in [0.5, 0.6) is 5.75 Å². The Labute approximate surface area is 152 Å². The Bertz CT molecular complexity index is 842. The number of methoxy groups -OCH3 is 1. The fourth-order valence-corrected chi connectivity index (χ4v) is 2.28. The van der Waals surface area contributed by atoms with Crippen LogP contribution in [-0.2, 0) is 10.8 Å². The van der Waals surface area contributed by atoms with Crippen molar-refractivity contribution in [2.45, 2.75) is 52.4 Å². The fourth-order valence-electron chi connectivity index (χ4n) is 2.28. The number of aromatic nitrogens is 7. The van der Waals surface area contributed by atoms with Gasteiger partial charge in [-0.05, 0) is 0 Å². The molecule has 0 saturated heterocycles. The molecule has 0 aliphatic heterocycles. The molecular formula is C18H25N7O. The molecule has 0 aromatic carbocycles. The molecule has 0 amide bonds. The van der Waals surface area contributed by atoms with Gasteiger partial charge in [0.1, 0.15) is 28.8 Å². The van der Waals surface area contributed by atoms with Crippen molar-refractivity contribution >= 4 is 0 Å². The maximum atomic E-state index is 5.42. The summed E-state index contributed by atoms with van der Waals surface area (Å²) in [5.74, 6) is 3.27. The molecule has 8 nitrogen and oxygen atoms in total. The second-order valence-electron chi connectivity index (χ2n) is 8.29. The first-order valence-corrected chi connectivity index (χ1v) is 8.50. The third-order valence-electron chi connectivity index (χ3n) is 3.88. The Kier molecular flexibility index (Phi) is 4.29. The molecule has 8 heteroatoms. The first-order chi connectivity index (χ1) is 12.1. The Hall–Kier alpha value is -2.77. The summed E-state index contributed by atoms with van der Waals surface area (Å²) in [6, 6.07) is 3.60. The molecule has 0 aliphatic rings. The molecule has 3 aromatic rings. The van der Waals surface area contributed by atoms with E-state index in [0.29, 0.717) is 28.8 Å². The number of nitrogens with one attached hydrogen (secondary N) is 2. The summed E-state index contributed by atoms with van der Waals surface area (Å²) in [6.45, 7) is 12.4. The molecule has 3 aromatic heterocycles. The Morgan fingerprint density at radius 2 is 1.15 bits per heavy atom. The van der Waals surface area contributed by atoms with Gasteiger partial charge in [0, 0.05) is 23.0 Å². The predicted octanol–water partition coefficient (Wildman–Crippen LogP) is 3.26. The summed E-state index contributed by atoms with van der Waals surface area (Å²) in [6.07, 6.45) is 0. The van der Waals surface area contributed by atoms with Gasteiger partial charge >= 0.3 is 0 Å². The van der Waals surface area contributed by atoms with E-state index >= 15 is 0 Å². The van der Waals surface area contributed by atoms with Crippen LogP contribution in [0.25, 0.3) is 23.0 Å². The first-order valence-electron chi connectivity index (χ1n) is 8.50. The number of pyridine rings is 1. The summed E-state index contributed by atoms with van der Waals surface area (Å²) in [5, 5.41) is 14.6. The van der Waals surface area contributed by atoms with Crippen molar-refractivity contribution in [2.75, 3.05) is 7.11 Å². The largest absolute Gasteiger partial charge is 0.497 e. The maximum Gasteiger partial charge on any atom is 0.199 e. The number of ether oxygens (including phenoxy) is 1. The maximum absolute atomic E-state index is 5.42. The molecule has 0 saturated carbocycles. The Morgan fingerprint density at radius 3 is 1.46 bits per heavy atom. The molecule has 0 spiro atoms. The number of hydrogen-bond acceptors (Lipinski definition) is 6. The van der Waals surface area contributed by atoms with Gasteiger partial charge < -0.3 is 4.74 Å². The van der Waals surface area contributed by atoms with E-state index in [0.717, 1.165) is 11.6 Å². The molecule has 138 valence electrons. The topological polar surface area (TPSA) is 105 Å². The number of nitrogens with zero attached hydrogens (tertiary/aromatic N) is 5. The molecule has 0 atom stereocenters. The highest BCUT2D eigenvalue weighted by molar-refractivity contribution is 5.61. The summed E-state index contributed by atoms with van der Waals surface area (Å²) in [7, 11) is 1.61. The Morgan fingerprint density at radius 1 is 0.731 bits per heavy atom. The zero-order chi connectivity index (χ0) is 19.1. The van der Waals surface area contributed by atoms with Crippen LogP contribution in [0, 0.1) is 0 Å². The van der Waals surface area contributed by atoms with Gasteiger partial charge in [-0.3, -0.25) is 10.2 Å². The molecule has 0 bridgehead atoms. The van der Waals surface area contributed by atoms with Crippen molar-refractivity contribution in [1.82, 2.24) is 35.3 Å². The lowest BCUT2D eigenvalue weighted by atomic mass is 9.96. The van der Waals surface area contributed by atoms with Crippen LogP contribution < -0.4 is 4.74 Å². The number of hydrogen-bond donors (Lipinski definition) is 2. The quantitative estimate of drug-likeness (QED) is 0.747. The van der Waals surface area contributed by atoms with Gasteiger partial charge in [0.15, 0.2) is 11.6 Å². The first kappa shape index (κ1) is 18.0. The van der Waals surface area contributed by atoms with Crippen LogP contribution in [0.4, 0.5) is 0 Å². The average Bonchev–Trinajstić information content (AvgIpc) is 3.22. The van der Waals surface area contributed by atoms with E-state index in [9.17, 15) is 0 Å². The normalized spacial score (nSPS) is 12.4. The summed E-state index contributed by atoms with van der Waals surface area (Å²) in [5.41, 5.74) is 0.956. The summed E-state index contributed by atoms with van der Waals surface area (Å²) < 4.78 is 5.42. The van der Waals surface area contributed by atoms with Gasteiger partial charge in [0.25, 0.3) is 0 Å². The minimum absolute atomic E-state index is 0.127. The zero-order valence-electron chi connectivity index (χ0n) is 16.3. The van der Waals surface area contributed by atoms with E-state index in [1.807, 2.05) is 0 Å².